The molecule has 1 aromatic heterocycles. The summed E-state index contributed by atoms with van der Waals surface area (Å²) in [6, 6.07) is 4.31. The summed E-state index contributed by atoms with van der Waals surface area (Å²) >= 11 is 0. The number of amides is 1. The number of halogens is 4. The molecule has 2 rings (SSSR count). The van der Waals surface area contributed by atoms with Crippen LogP contribution in [0, 0.1) is 5.82 Å². The molecule has 0 atom stereocenters. The van der Waals surface area contributed by atoms with Crippen molar-refractivity contribution in [2.75, 3.05) is 18.1 Å². The van der Waals surface area contributed by atoms with Crippen molar-refractivity contribution in [2.24, 2.45) is 0 Å². The van der Waals surface area contributed by atoms with Gasteiger partial charge in [0.1, 0.15) is 5.82 Å². The van der Waals surface area contributed by atoms with E-state index in [1.54, 1.807) is 0 Å². The van der Waals surface area contributed by atoms with E-state index in [0.29, 0.717) is 11.6 Å². The topological polar surface area (TPSA) is 97.4 Å². The maximum Gasteiger partial charge on any atom is 0.417 e. The molecule has 0 saturated heterocycles. The molecule has 0 radical (unpaired) electrons. The maximum atomic E-state index is 13.9. The lowest BCUT2D eigenvalue weighted by molar-refractivity contribution is -0.138. The van der Waals surface area contributed by atoms with Crippen molar-refractivity contribution in [1.82, 2.24) is 10.3 Å². The van der Waals surface area contributed by atoms with Gasteiger partial charge in [-0.05, 0) is 23.8 Å². The SMILES string of the molecule is COc1cc(C(F)(F)F)c(/C=C/C(=O)NCc2ccc(NS(C)(=O)=O)c(F)c2)cn1. The number of nitrogens with zero attached hydrogens (tertiary/aromatic N) is 1. The van der Waals surface area contributed by atoms with Crippen LogP contribution in [0.5, 0.6) is 5.88 Å². The molecule has 2 N–H and O–H groups in total. The first-order valence-corrected chi connectivity index (χ1v) is 10.1. The minimum Gasteiger partial charge on any atom is -0.481 e. The van der Waals surface area contributed by atoms with E-state index >= 15 is 0 Å². The average molecular weight is 447 g/mol. The summed E-state index contributed by atoms with van der Waals surface area (Å²) in [5.41, 5.74) is -1.29. The second-order valence-electron chi connectivity index (χ2n) is 6.05. The van der Waals surface area contributed by atoms with Crippen molar-refractivity contribution in [3.05, 3.63) is 59.0 Å². The highest BCUT2D eigenvalue weighted by atomic mass is 32.2. The number of rotatable bonds is 7. The van der Waals surface area contributed by atoms with Crippen molar-refractivity contribution in [3.63, 3.8) is 0 Å². The fraction of sp³-hybridized carbons (Fsp3) is 0.222. The highest BCUT2D eigenvalue weighted by Crippen LogP contribution is 2.34. The van der Waals surface area contributed by atoms with Crippen molar-refractivity contribution < 1.29 is 35.5 Å². The van der Waals surface area contributed by atoms with Crippen LogP contribution >= 0.6 is 0 Å². The van der Waals surface area contributed by atoms with Crippen LogP contribution in [-0.2, 0) is 27.5 Å². The highest BCUT2D eigenvalue weighted by Gasteiger charge is 2.33. The van der Waals surface area contributed by atoms with Gasteiger partial charge in [0.2, 0.25) is 21.8 Å². The Hall–Kier alpha value is -3.15. The van der Waals surface area contributed by atoms with E-state index in [2.05, 4.69) is 15.0 Å². The van der Waals surface area contributed by atoms with Gasteiger partial charge in [-0.1, -0.05) is 6.07 Å². The Morgan fingerprint density at radius 2 is 1.97 bits per heavy atom. The van der Waals surface area contributed by atoms with Crippen LogP contribution < -0.4 is 14.8 Å². The lowest BCUT2D eigenvalue weighted by Gasteiger charge is -2.11. The van der Waals surface area contributed by atoms with Crippen molar-refractivity contribution in [1.29, 1.82) is 0 Å². The summed E-state index contributed by atoms with van der Waals surface area (Å²) in [7, 11) is -2.47. The Bertz CT molecular complexity index is 1070. The molecular weight excluding hydrogens is 430 g/mol. The third-order valence-electron chi connectivity index (χ3n) is 3.63. The molecule has 1 aromatic carbocycles. The zero-order valence-electron chi connectivity index (χ0n) is 15.7. The number of pyridine rings is 1. The molecule has 0 aliphatic heterocycles. The average Bonchev–Trinajstić information content (AvgIpc) is 2.64. The number of sulfonamides is 1. The summed E-state index contributed by atoms with van der Waals surface area (Å²) in [6.45, 7) is -0.133. The van der Waals surface area contributed by atoms with E-state index in [-0.39, 0.29) is 23.7 Å². The number of hydrogen-bond donors (Lipinski definition) is 2. The molecule has 2 aromatic rings. The van der Waals surface area contributed by atoms with E-state index in [0.717, 1.165) is 30.7 Å². The van der Waals surface area contributed by atoms with E-state index in [9.17, 15) is 30.8 Å². The largest absolute Gasteiger partial charge is 0.481 e. The number of benzene rings is 1. The number of carbonyl (C=O) groups excluding carboxylic acids is 1. The molecule has 12 heteroatoms. The Morgan fingerprint density at radius 3 is 2.53 bits per heavy atom. The molecule has 1 heterocycles. The standard InChI is InChI=1S/C18H17F4N3O4S/c1-29-17-8-13(18(20,21)22)12(10-24-17)4-6-16(26)23-9-11-3-5-15(14(19)7-11)25-30(2,27)28/h3-8,10,25H,9H2,1-2H3,(H,23,26)/b6-4+. The fourth-order valence-corrected chi connectivity index (χ4v) is 2.87. The van der Waals surface area contributed by atoms with Gasteiger partial charge in [0.15, 0.2) is 0 Å². The molecule has 0 fully saturated rings. The normalized spacial score (nSPS) is 12.1. The summed E-state index contributed by atoms with van der Waals surface area (Å²) in [6.07, 6.45) is -1.05. The van der Waals surface area contributed by atoms with Gasteiger partial charge in [0.25, 0.3) is 0 Å². The fourth-order valence-electron chi connectivity index (χ4n) is 2.30. The summed E-state index contributed by atoms with van der Waals surface area (Å²) in [5.74, 6) is -1.79. The predicted octanol–water partition coefficient (Wildman–Crippen LogP) is 2.95. The number of carbonyl (C=O) groups is 1. The molecule has 7 nitrogen and oxygen atoms in total. The van der Waals surface area contributed by atoms with Crippen LogP contribution in [0.25, 0.3) is 6.08 Å². The molecule has 0 aliphatic carbocycles. The Kier molecular flexibility index (Phi) is 7.03. The molecule has 0 aliphatic rings. The number of ether oxygens (including phenoxy) is 1. The first-order valence-electron chi connectivity index (χ1n) is 8.22. The molecule has 0 spiro atoms. The third-order valence-corrected chi connectivity index (χ3v) is 4.22. The van der Waals surface area contributed by atoms with Gasteiger partial charge in [-0.15, -0.1) is 0 Å². The number of anilines is 1. The van der Waals surface area contributed by atoms with Gasteiger partial charge in [-0.2, -0.15) is 13.2 Å². The van der Waals surface area contributed by atoms with Crippen LogP contribution in [0.2, 0.25) is 0 Å². The number of methoxy groups -OCH3 is 1. The smallest absolute Gasteiger partial charge is 0.417 e. The van der Waals surface area contributed by atoms with Crippen molar-refractivity contribution >= 4 is 27.7 Å². The van der Waals surface area contributed by atoms with Crippen molar-refractivity contribution in [2.45, 2.75) is 12.7 Å². The number of aromatic nitrogens is 1. The molecule has 162 valence electrons. The molecular formula is C18H17F4N3O4S. The van der Waals surface area contributed by atoms with Gasteiger partial charge in [-0.3, -0.25) is 9.52 Å². The molecule has 0 saturated carbocycles. The monoisotopic (exact) mass is 447 g/mol. The highest BCUT2D eigenvalue weighted by molar-refractivity contribution is 7.92. The molecule has 1 amide bonds. The first kappa shape index (κ1) is 23.1. The van der Waals surface area contributed by atoms with E-state index in [1.165, 1.54) is 19.2 Å². The number of nitrogens with one attached hydrogen (secondary N) is 2. The Labute approximate surface area is 169 Å². The van der Waals surface area contributed by atoms with E-state index in [4.69, 9.17) is 0 Å². The maximum absolute atomic E-state index is 13.9. The number of hydrogen-bond acceptors (Lipinski definition) is 5. The van der Waals surface area contributed by atoms with Gasteiger partial charge < -0.3 is 10.1 Å². The van der Waals surface area contributed by atoms with Crippen LogP contribution in [0.15, 0.2) is 36.5 Å². The minimum absolute atomic E-state index is 0.133. The molecule has 30 heavy (non-hydrogen) atoms. The zero-order chi connectivity index (χ0) is 22.5. The van der Waals surface area contributed by atoms with E-state index < -0.39 is 33.5 Å². The summed E-state index contributed by atoms with van der Waals surface area (Å²) in [5, 5.41) is 2.39. The van der Waals surface area contributed by atoms with Gasteiger partial charge in [-0.25, -0.2) is 17.8 Å². The Balaban J connectivity index is 2.06. The lowest BCUT2D eigenvalue weighted by Crippen LogP contribution is -2.20. The summed E-state index contributed by atoms with van der Waals surface area (Å²) < 4.78 is 82.3. The van der Waals surface area contributed by atoms with E-state index in [1.807, 2.05) is 4.72 Å². The molecule has 0 bridgehead atoms. The Morgan fingerprint density at radius 1 is 1.27 bits per heavy atom. The van der Waals surface area contributed by atoms with Gasteiger partial charge >= 0.3 is 6.18 Å². The summed E-state index contributed by atoms with van der Waals surface area (Å²) in [4.78, 5) is 15.6. The van der Waals surface area contributed by atoms with Crippen LogP contribution in [-0.4, -0.2) is 32.7 Å². The second-order valence-corrected chi connectivity index (χ2v) is 7.80. The molecule has 0 unspecified atom stereocenters. The van der Waals surface area contributed by atoms with Crippen LogP contribution in [0.1, 0.15) is 16.7 Å². The van der Waals surface area contributed by atoms with Gasteiger partial charge in [0, 0.05) is 30.4 Å². The number of alkyl halides is 3. The van der Waals surface area contributed by atoms with Crippen LogP contribution in [0.4, 0.5) is 23.2 Å². The minimum atomic E-state index is -4.67. The van der Waals surface area contributed by atoms with Crippen molar-refractivity contribution in [3.8, 4) is 5.88 Å². The first-order chi connectivity index (χ1) is 13.9. The predicted molar refractivity (Wildman–Crippen MR) is 102 cm³/mol. The quantitative estimate of drug-likeness (QED) is 0.503. The zero-order valence-corrected chi connectivity index (χ0v) is 16.6. The second kappa shape index (κ2) is 9.11. The third kappa shape index (κ3) is 6.72. The lowest BCUT2D eigenvalue weighted by atomic mass is 10.1. The van der Waals surface area contributed by atoms with Crippen LogP contribution in [0.3, 0.4) is 0 Å². The van der Waals surface area contributed by atoms with Gasteiger partial charge in [0.05, 0.1) is 24.6 Å².